The first-order valence-corrected chi connectivity index (χ1v) is 8.13. The highest BCUT2D eigenvalue weighted by Gasteiger charge is 2.21. The second-order valence-corrected chi connectivity index (χ2v) is 6.57. The Morgan fingerprint density at radius 1 is 1.43 bits per heavy atom. The van der Waals surface area contributed by atoms with Crippen LogP contribution in [0.4, 0.5) is 5.69 Å². The Balaban J connectivity index is 1.74. The number of rotatable bonds is 4. The Bertz CT molecular complexity index is 671. The van der Waals surface area contributed by atoms with Crippen LogP contribution in [0.2, 0.25) is 5.02 Å². The molecule has 0 saturated heterocycles. The Morgan fingerprint density at radius 2 is 2.29 bits per heavy atom. The van der Waals surface area contributed by atoms with Gasteiger partial charge in [-0.05, 0) is 47.9 Å². The van der Waals surface area contributed by atoms with E-state index < -0.39 is 4.92 Å². The van der Waals surface area contributed by atoms with Gasteiger partial charge >= 0.3 is 0 Å². The van der Waals surface area contributed by atoms with Crippen LogP contribution in [-0.4, -0.2) is 4.92 Å². The molecule has 4 nitrogen and oxygen atoms in total. The van der Waals surface area contributed by atoms with E-state index in [1.165, 1.54) is 22.9 Å². The Kier molecular flexibility index (Phi) is 4.24. The van der Waals surface area contributed by atoms with Crippen molar-refractivity contribution in [3.8, 4) is 0 Å². The van der Waals surface area contributed by atoms with Crippen LogP contribution in [0.25, 0.3) is 0 Å². The largest absolute Gasteiger partial charge is 0.306 e. The molecule has 1 aromatic carbocycles. The van der Waals surface area contributed by atoms with Crippen LogP contribution in [0.3, 0.4) is 0 Å². The van der Waals surface area contributed by atoms with E-state index in [-0.39, 0.29) is 5.69 Å². The van der Waals surface area contributed by atoms with Crippen molar-refractivity contribution in [1.82, 2.24) is 5.32 Å². The topological polar surface area (TPSA) is 55.2 Å². The van der Waals surface area contributed by atoms with Crippen molar-refractivity contribution in [3.63, 3.8) is 0 Å². The summed E-state index contributed by atoms with van der Waals surface area (Å²) in [5.41, 5.74) is 2.22. The lowest BCUT2D eigenvalue weighted by molar-refractivity contribution is -0.384. The van der Waals surface area contributed by atoms with E-state index in [0.717, 1.165) is 18.4 Å². The number of nitro groups is 1. The summed E-state index contributed by atoms with van der Waals surface area (Å²) in [7, 11) is 0. The van der Waals surface area contributed by atoms with Gasteiger partial charge in [0.25, 0.3) is 5.69 Å². The molecule has 0 radical (unpaired) electrons. The summed E-state index contributed by atoms with van der Waals surface area (Å²) >= 11 is 7.94. The monoisotopic (exact) mass is 322 g/mol. The number of nitrogens with one attached hydrogen (secondary N) is 1. The van der Waals surface area contributed by atoms with Crippen LogP contribution in [0.5, 0.6) is 0 Å². The number of aryl methyl sites for hydroxylation is 1. The minimum Gasteiger partial charge on any atom is -0.306 e. The lowest BCUT2D eigenvalue weighted by Crippen LogP contribution is -2.24. The maximum atomic E-state index is 10.8. The maximum Gasteiger partial charge on any atom is 0.269 e. The van der Waals surface area contributed by atoms with E-state index in [4.69, 9.17) is 11.6 Å². The van der Waals surface area contributed by atoms with Gasteiger partial charge in [-0.2, -0.15) is 0 Å². The molecule has 6 heteroatoms. The molecular weight excluding hydrogens is 308 g/mol. The van der Waals surface area contributed by atoms with Gasteiger partial charge in [-0.25, -0.2) is 0 Å². The number of halogens is 1. The van der Waals surface area contributed by atoms with E-state index >= 15 is 0 Å². The van der Waals surface area contributed by atoms with E-state index in [0.29, 0.717) is 17.6 Å². The van der Waals surface area contributed by atoms with Crippen LogP contribution in [-0.2, 0) is 13.0 Å². The van der Waals surface area contributed by atoms with Crippen molar-refractivity contribution in [2.75, 3.05) is 0 Å². The van der Waals surface area contributed by atoms with Crippen molar-refractivity contribution in [3.05, 3.63) is 60.8 Å². The third-order valence-electron chi connectivity index (χ3n) is 3.83. The lowest BCUT2D eigenvalue weighted by atomic mass is 9.94. The van der Waals surface area contributed by atoms with Gasteiger partial charge < -0.3 is 5.32 Å². The van der Waals surface area contributed by atoms with Gasteiger partial charge in [-0.1, -0.05) is 11.6 Å². The number of non-ortho nitro benzene ring substituents is 1. The van der Waals surface area contributed by atoms with E-state index in [1.807, 2.05) is 0 Å². The van der Waals surface area contributed by atoms with Crippen LogP contribution < -0.4 is 5.32 Å². The Morgan fingerprint density at radius 3 is 3.10 bits per heavy atom. The minimum atomic E-state index is -0.391. The Labute approximate surface area is 131 Å². The third kappa shape index (κ3) is 3.10. The molecule has 0 amide bonds. The molecule has 0 bridgehead atoms. The van der Waals surface area contributed by atoms with Gasteiger partial charge in [0, 0.05) is 34.6 Å². The number of nitro benzene ring substituents is 1. The zero-order valence-corrected chi connectivity index (χ0v) is 12.9. The number of hydrogen-bond acceptors (Lipinski definition) is 4. The van der Waals surface area contributed by atoms with Gasteiger partial charge in [0.15, 0.2) is 0 Å². The lowest BCUT2D eigenvalue weighted by Gasteiger charge is -2.24. The number of fused-ring (bicyclic) bond motifs is 1. The average molecular weight is 323 g/mol. The summed E-state index contributed by atoms with van der Waals surface area (Å²) < 4.78 is 0. The molecule has 1 heterocycles. The predicted molar refractivity (Wildman–Crippen MR) is 84.9 cm³/mol. The van der Waals surface area contributed by atoms with E-state index in [9.17, 15) is 10.1 Å². The normalized spacial score (nSPS) is 17.5. The molecule has 0 spiro atoms. The molecule has 1 aliphatic carbocycles. The summed E-state index contributed by atoms with van der Waals surface area (Å²) in [5, 5.41) is 17.0. The minimum absolute atomic E-state index is 0.0797. The number of thiophene rings is 1. The number of nitrogens with zero attached hydrogens (tertiary/aromatic N) is 1. The van der Waals surface area contributed by atoms with Gasteiger partial charge in [0.05, 0.1) is 4.92 Å². The second kappa shape index (κ2) is 6.13. The zero-order valence-electron chi connectivity index (χ0n) is 11.3. The first-order chi connectivity index (χ1) is 10.1. The fraction of sp³-hybridized carbons (Fsp3) is 0.333. The van der Waals surface area contributed by atoms with Gasteiger partial charge in [0.1, 0.15) is 0 Å². The molecule has 1 atom stereocenters. The predicted octanol–water partition coefficient (Wildman–Crippen LogP) is 4.48. The molecule has 110 valence electrons. The molecule has 2 aromatic rings. The summed E-state index contributed by atoms with van der Waals surface area (Å²) in [6.07, 6.45) is 3.42. The third-order valence-corrected chi connectivity index (χ3v) is 5.20. The summed E-state index contributed by atoms with van der Waals surface area (Å²) in [4.78, 5) is 11.9. The van der Waals surface area contributed by atoms with E-state index in [2.05, 4.69) is 16.8 Å². The van der Waals surface area contributed by atoms with Crippen molar-refractivity contribution < 1.29 is 4.92 Å². The maximum absolute atomic E-state index is 10.8. The summed E-state index contributed by atoms with van der Waals surface area (Å²) in [6, 6.07) is 7.06. The summed E-state index contributed by atoms with van der Waals surface area (Å²) in [6.45, 7) is 0.542. The van der Waals surface area contributed by atoms with Crippen molar-refractivity contribution in [2.24, 2.45) is 0 Å². The molecule has 3 rings (SSSR count). The number of benzene rings is 1. The first-order valence-electron chi connectivity index (χ1n) is 6.87. The molecule has 0 saturated carbocycles. The fourth-order valence-electron chi connectivity index (χ4n) is 2.74. The molecule has 1 aromatic heterocycles. The average Bonchev–Trinajstić information content (AvgIpc) is 2.95. The highest BCUT2D eigenvalue weighted by atomic mass is 35.5. The van der Waals surface area contributed by atoms with Gasteiger partial charge in [-0.15, -0.1) is 11.3 Å². The van der Waals surface area contributed by atoms with Crippen molar-refractivity contribution in [1.29, 1.82) is 0 Å². The second-order valence-electron chi connectivity index (χ2n) is 5.16. The van der Waals surface area contributed by atoms with Crippen LogP contribution in [0.1, 0.15) is 34.9 Å². The van der Waals surface area contributed by atoms with Crippen LogP contribution in [0, 0.1) is 10.1 Å². The highest BCUT2D eigenvalue weighted by molar-refractivity contribution is 7.10. The first kappa shape index (κ1) is 14.5. The molecule has 0 fully saturated rings. The molecule has 0 aliphatic heterocycles. The van der Waals surface area contributed by atoms with E-state index in [1.54, 1.807) is 23.5 Å². The number of hydrogen-bond donors (Lipinski definition) is 1. The molecular formula is C15H15ClN2O2S. The standard InChI is InChI=1S/C15H15ClN2O2S/c16-13-5-4-11(18(19)20)8-10(13)9-17-14-2-1-3-15-12(14)6-7-21-15/h4-8,14,17H,1-3,9H2. The highest BCUT2D eigenvalue weighted by Crippen LogP contribution is 2.33. The molecule has 21 heavy (non-hydrogen) atoms. The van der Waals surface area contributed by atoms with Gasteiger partial charge in [0.2, 0.25) is 0 Å². The van der Waals surface area contributed by atoms with Crippen LogP contribution in [0.15, 0.2) is 29.6 Å². The summed E-state index contributed by atoms with van der Waals surface area (Å²) in [5.74, 6) is 0. The smallest absolute Gasteiger partial charge is 0.269 e. The fourth-order valence-corrected chi connectivity index (χ4v) is 3.91. The Hall–Kier alpha value is -1.43. The van der Waals surface area contributed by atoms with Crippen molar-refractivity contribution >= 4 is 28.6 Å². The van der Waals surface area contributed by atoms with Crippen LogP contribution >= 0.6 is 22.9 Å². The molecule has 1 N–H and O–H groups in total. The molecule has 1 aliphatic rings. The van der Waals surface area contributed by atoms with Gasteiger partial charge in [-0.3, -0.25) is 10.1 Å². The quantitative estimate of drug-likeness (QED) is 0.667. The SMILES string of the molecule is O=[N+]([O-])c1ccc(Cl)c(CNC2CCCc3sccc32)c1. The van der Waals surface area contributed by atoms with Crippen molar-refractivity contribution in [2.45, 2.75) is 31.8 Å². The zero-order chi connectivity index (χ0) is 14.8. The molecule has 1 unspecified atom stereocenters.